The molecule has 0 aromatic carbocycles. The van der Waals surface area contributed by atoms with Crippen LogP contribution in [0.5, 0.6) is 0 Å². The number of hydrogen-bond acceptors (Lipinski definition) is 13. The molecule has 0 unspecified atom stereocenters. The molecule has 4 aliphatic heterocycles. The molecule has 0 aliphatic carbocycles. The molecule has 4 fully saturated rings. The second-order valence-electron chi connectivity index (χ2n) is 10.4. The van der Waals surface area contributed by atoms with Gasteiger partial charge in [-0.05, 0) is 27.7 Å². The summed E-state index contributed by atoms with van der Waals surface area (Å²) in [5, 5.41) is 0. The molecular formula is C24H36O13. The van der Waals surface area contributed by atoms with Gasteiger partial charge in [0.15, 0.2) is 30.3 Å². The number of fused-ring (bicyclic) bond motifs is 3. The third-order valence-corrected chi connectivity index (χ3v) is 6.25. The average molecular weight is 533 g/mol. The molecule has 0 N–H and O–H groups in total. The number of esters is 3. The Morgan fingerprint density at radius 2 is 1.35 bits per heavy atom. The minimum atomic E-state index is -0.990. The lowest BCUT2D eigenvalue weighted by Gasteiger charge is -2.41. The van der Waals surface area contributed by atoms with Crippen molar-refractivity contribution in [1.29, 1.82) is 0 Å². The van der Waals surface area contributed by atoms with E-state index >= 15 is 0 Å². The summed E-state index contributed by atoms with van der Waals surface area (Å²) < 4.78 is 58.2. The molecule has 0 spiro atoms. The standard InChI is InChI=1S/C24H36O13/c1-11(25)28-9-15-18(31-13(3)27)14(30-12(2)26)8-17(32-15)29-10-16-19-20(35-23(4,5)34-19)21-22(33-16)37-24(6,7)36-21/h14-22H,8-10H2,1-7H3/t14-,15+,16+,17-,18-,19-,20-,21+,22+/m0/s1. The summed E-state index contributed by atoms with van der Waals surface area (Å²) in [4.78, 5) is 34.9. The number of rotatable bonds is 7. The maximum atomic E-state index is 11.8. The van der Waals surface area contributed by atoms with Crippen LogP contribution in [0, 0.1) is 0 Å². The van der Waals surface area contributed by atoms with Gasteiger partial charge in [0.2, 0.25) is 0 Å². The first kappa shape index (κ1) is 28.1. The Bertz CT molecular complexity index is 873. The smallest absolute Gasteiger partial charge is 0.303 e. The Kier molecular flexibility index (Phi) is 8.15. The Labute approximate surface area is 215 Å². The molecule has 4 rings (SSSR count). The molecule has 0 aromatic rings. The number of carbonyl (C=O) groups excluding carboxylic acids is 3. The van der Waals surface area contributed by atoms with Crippen LogP contribution in [0.2, 0.25) is 0 Å². The quantitative estimate of drug-likeness (QED) is 0.339. The Balaban J connectivity index is 1.47. The zero-order valence-electron chi connectivity index (χ0n) is 22.1. The second-order valence-corrected chi connectivity index (χ2v) is 10.4. The maximum Gasteiger partial charge on any atom is 0.303 e. The summed E-state index contributed by atoms with van der Waals surface area (Å²) in [6.45, 7) is 10.7. The molecule has 4 saturated heterocycles. The molecule has 13 heteroatoms. The number of hydrogen-bond donors (Lipinski definition) is 0. The lowest BCUT2D eigenvalue weighted by atomic mass is 9.99. The zero-order chi connectivity index (χ0) is 27.1. The van der Waals surface area contributed by atoms with E-state index in [9.17, 15) is 14.4 Å². The van der Waals surface area contributed by atoms with E-state index in [2.05, 4.69) is 0 Å². The zero-order valence-corrected chi connectivity index (χ0v) is 22.1. The maximum absolute atomic E-state index is 11.8. The van der Waals surface area contributed by atoms with Crippen LogP contribution in [0.3, 0.4) is 0 Å². The summed E-state index contributed by atoms with van der Waals surface area (Å²) >= 11 is 0. The Morgan fingerprint density at radius 3 is 2.00 bits per heavy atom. The molecule has 0 radical (unpaired) electrons. The van der Waals surface area contributed by atoms with E-state index in [1.165, 1.54) is 20.8 Å². The molecule has 210 valence electrons. The van der Waals surface area contributed by atoms with Crippen LogP contribution >= 0.6 is 0 Å². The van der Waals surface area contributed by atoms with Gasteiger partial charge in [0.05, 0.1) is 6.61 Å². The number of ether oxygens (including phenoxy) is 10. The first-order chi connectivity index (χ1) is 17.2. The van der Waals surface area contributed by atoms with Crippen molar-refractivity contribution in [2.45, 2.75) is 122 Å². The van der Waals surface area contributed by atoms with Gasteiger partial charge in [-0.3, -0.25) is 14.4 Å². The molecule has 0 aromatic heterocycles. The average Bonchev–Trinajstić information content (AvgIpc) is 3.25. The summed E-state index contributed by atoms with van der Waals surface area (Å²) in [6, 6.07) is 0. The molecule has 4 heterocycles. The highest BCUT2D eigenvalue weighted by atomic mass is 16.9. The van der Waals surface area contributed by atoms with Crippen molar-refractivity contribution >= 4 is 17.9 Å². The van der Waals surface area contributed by atoms with Crippen LogP contribution in [0.4, 0.5) is 0 Å². The molecule has 0 bridgehead atoms. The van der Waals surface area contributed by atoms with Gasteiger partial charge in [0, 0.05) is 27.2 Å². The highest BCUT2D eigenvalue weighted by Crippen LogP contribution is 2.44. The predicted octanol–water partition coefficient (Wildman–Crippen LogP) is 0.941. The molecule has 4 aliphatic rings. The lowest BCUT2D eigenvalue weighted by Crippen LogP contribution is -2.57. The highest BCUT2D eigenvalue weighted by molar-refractivity contribution is 5.67. The van der Waals surface area contributed by atoms with Crippen molar-refractivity contribution < 1.29 is 61.8 Å². The van der Waals surface area contributed by atoms with Gasteiger partial charge >= 0.3 is 17.9 Å². The molecule has 0 amide bonds. The van der Waals surface area contributed by atoms with E-state index in [1.807, 2.05) is 13.8 Å². The SMILES string of the molecule is CC(=O)OC[C@H]1O[C@H](OC[C@H]2O[C@@H]3OC(C)(C)O[C@@H]3[C@H]3OC(C)(C)O[C@H]32)C[C@H](OC(C)=O)[C@@H]1OC(C)=O. The minimum Gasteiger partial charge on any atom is -0.463 e. The predicted molar refractivity (Wildman–Crippen MR) is 119 cm³/mol. The van der Waals surface area contributed by atoms with Gasteiger partial charge in [0.25, 0.3) is 0 Å². The van der Waals surface area contributed by atoms with Crippen LogP contribution in [0.15, 0.2) is 0 Å². The van der Waals surface area contributed by atoms with Crippen molar-refractivity contribution in [3.8, 4) is 0 Å². The van der Waals surface area contributed by atoms with E-state index in [0.717, 1.165) is 0 Å². The van der Waals surface area contributed by atoms with Crippen molar-refractivity contribution in [2.24, 2.45) is 0 Å². The van der Waals surface area contributed by atoms with Crippen LogP contribution < -0.4 is 0 Å². The van der Waals surface area contributed by atoms with Crippen LogP contribution in [-0.4, -0.2) is 98.0 Å². The van der Waals surface area contributed by atoms with Gasteiger partial charge in [-0.1, -0.05) is 0 Å². The first-order valence-corrected chi connectivity index (χ1v) is 12.3. The van der Waals surface area contributed by atoms with E-state index in [-0.39, 0.29) is 19.6 Å². The third kappa shape index (κ3) is 6.77. The topological polar surface area (TPSA) is 144 Å². The largest absolute Gasteiger partial charge is 0.463 e. The summed E-state index contributed by atoms with van der Waals surface area (Å²) in [7, 11) is 0. The molecule has 37 heavy (non-hydrogen) atoms. The van der Waals surface area contributed by atoms with E-state index in [0.29, 0.717) is 0 Å². The van der Waals surface area contributed by atoms with Gasteiger partial charge in [0.1, 0.15) is 43.2 Å². The van der Waals surface area contributed by atoms with Gasteiger partial charge < -0.3 is 47.4 Å². The van der Waals surface area contributed by atoms with E-state index in [1.54, 1.807) is 13.8 Å². The van der Waals surface area contributed by atoms with Crippen molar-refractivity contribution in [1.82, 2.24) is 0 Å². The Morgan fingerprint density at radius 1 is 0.730 bits per heavy atom. The van der Waals surface area contributed by atoms with E-state index < -0.39 is 84.8 Å². The van der Waals surface area contributed by atoms with Crippen LogP contribution in [0.1, 0.15) is 54.9 Å². The minimum absolute atomic E-state index is 0.0175. The van der Waals surface area contributed by atoms with Crippen LogP contribution in [-0.2, 0) is 61.8 Å². The monoisotopic (exact) mass is 532 g/mol. The van der Waals surface area contributed by atoms with Crippen molar-refractivity contribution in [2.75, 3.05) is 13.2 Å². The molecule has 0 saturated carbocycles. The molecule has 9 atom stereocenters. The molecule has 13 nitrogen and oxygen atoms in total. The fourth-order valence-electron chi connectivity index (χ4n) is 5.03. The van der Waals surface area contributed by atoms with E-state index in [4.69, 9.17) is 47.4 Å². The summed E-state index contributed by atoms with van der Waals surface area (Å²) in [5.74, 6) is -3.44. The first-order valence-electron chi connectivity index (χ1n) is 12.3. The second kappa shape index (κ2) is 10.7. The number of carbonyl (C=O) groups is 3. The normalized spacial score (nSPS) is 39.8. The van der Waals surface area contributed by atoms with Gasteiger partial charge in [-0.25, -0.2) is 0 Å². The van der Waals surface area contributed by atoms with Crippen molar-refractivity contribution in [3.05, 3.63) is 0 Å². The lowest BCUT2D eigenvalue weighted by molar-refractivity contribution is -0.288. The molecular weight excluding hydrogens is 496 g/mol. The fraction of sp³-hybridized carbons (Fsp3) is 0.875. The van der Waals surface area contributed by atoms with Gasteiger partial charge in [-0.15, -0.1) is 0 Å². The highest BCUT2D eigenvalue weighted by Gasteiger charge is 2.61. The Hall–Kier alpha value is -1.87. The summed E-state index contributed by atoms with van der Waals surface area (Å²) in [5.41, 5.74) is 0. The van der Waals surface area contributed by atoms with Crippen LogP contribution in [0.25, 0.3) is 0 Å². The van der Waals surface area contributed by atoms with Gasteiger partial charge in [-0.2, -0.15) is 0 Å². The summed E-state index contributed by atoms with van der Waals surface area (Å²) in [6.07, 6.45) is -6.36. The van der Waals surface area contributed by atoms with Crippen molar-refractivity contribution in [3.63, 3.8) is 0 Å². The third-order valence-electron chi connectivity index (χ3n) is 6.25. The fourth-order valence-corrected chi connectivity index (χ4v) is 5.03.